The highest BCUT2D eigenvalue weighted by Crippen LogP contribution is 2.24. The van der Waals surface area contributed by atoms with Gasteiger partial charge in [-0.2, -0.15) is 0 Å². The van der Waals surface area contributed by atoms with Crippen LogP contribution in [0.25, 0.3) is 0 Å². The summed E-state index contributed by atoms with van der Waals surface area (Å²) in [6, 6.07) is 15.3. The first-order chi connectivity index (χ1) is 8.59. The van der Waals surface area contributed by atoms with Gasteiger partial charge in [0.1, 0.15) is 0 Å². The first-order valence-electron chi connectivity index (χ1n) is 6.83. The minimum Gasteiger partial charge on any atom is -0.344 e. The van der Waals surface area contributed by atoms with E-state index in [1.54, 1.807) is 0 Å². The zero-order valence-corrected chi connectivity index (χ0v) is 11.9. The summed E-state index contributed by atoms with van der Waals surface area (Å²) in [5.74, 6) is 1.14. The van der Waals surface area contributed by atoms with E-state index >= 15 is 0 Å². The third kappa shape index (κ3) is 2.66. The van der Waals surface area contributed by atoms with Crippen molar-refractivity contribution in [3.8, 4) is 0 Å². The maximum atomic E-state index is 2.48. The molecule has 0 saturated carbocycles. The molecule has 1 nitrogen and oxygen atoms in total. The fourth-order valence-electron chi connectivity index (χ4n) is 2.46. The van der Waals surface area contributed by atoms with Gasteiger partial charge in [0.2, 0.25) is 0 Å². The number of nitrogens with zero attached hydrogens (tertiary/aromatic N) is 1. The van der Waals surface area contributed by atoms with Gasteiger partial charge in [-0.05, 0) is 29.5 Å². The lowest BCUT2D eigenvalue weighted by atomic mass is 10.1. The van der Waals surface area contributed by atoms with E-state index in [1.807, 2.05) is 0 Å². The molecule has 0 spiro atoms. The molecule has 0 bridgehead atoms. The normalized spacial score (nSPS) is 11.4. The predicted molar refractivity (Wildman–Crippen MR) is 78.2 cm³/mol. The van der Waals surface area contributed by atoms with Crippen molar-refractivity contribution < 1.29 is 0 Å². The summed E-state index contributed by atoms with van der Waals surface area (Å²) in [6.07, 6.45) is 0. The average Bonchev–Trinajstić information content (AvgIpc) is 2.74. The molecule has 96 valence electrons. The van der Waals surface area contributed by atoms with Crippen LogP contribution in [0.1, 0.15) is 56.5 Å². The summed E-state index contributed by atoms with van der Waals surface area (Å²) < 4.78 is 2.48. The Bertz CT molecular complexity index is 466. The molecule has 1 aromatic carbocycles. The van der Waals surface area contributed by atoms with Crippen LogP contribution in [0, 0.1) is 0 Å². The second-order valence-electron chi connectivity index (χ2n) is 5.56. The molecule has 0 unspecified atom stereocenters. The highest BCUT2D eigenvalue weighted by atomic mass is 15.0. The summed E-state index contributed by atoms with van der Waals surface area (Å²) in [4.78, 5) is 0. The van der Waals surface area contributed by atoms with E-state index in [0.717, 1.165) is 6.54 Å². The molecule has 0 amide bonds. The Hall–Kier alpha value is -1.50. The molecule has 1 heterocycles. The Balaban J connectivity index is 2.38. The quantitative estimate of drug-likeness (QED) is 0.725. The van der Waals surface area contributed by atoms with Gasteiger partial charge in [0, 0.05) is 17.9 Å². The maximum Gasteiger partial charge on any atom is 0.0475 e. The molecule has 1 heteroatoms. The molecule has 2 rings (SSSR count). The predicted octanol–water partition coefficient (Wildman–Crippen LogP) is 4.78. The van der Waals surface area contributed by atoms with E-state index < -0.39 is 0 Å². The third-order valence-corrected chi connectivity index (χ3v) is 3.41. The topological polar surface area (TPSA) is 4.93 Å². The minimum absolute atomic E-state index is 0.571. The lowest BCUT2D eigenvalue weighted by molar-refractivity contribution is 0.636. The first-order valence-corrected chi connectivity index (χ1v) is 6.83. The Kier molecular flexibility index (Phi) is 3.90. The van der Waals surface area contributed by atoms with Gasteiger partial charge >= 0.3 is 0 Å². The highest BCUT2D eigenvalue weighted by Gasteiger charge is 2.13. The third-order valence-electron chi connectivity index (χ3n) is 3.41. The Morgan fingerprint density at radius 2 is 1.28 bits per heavy atom. The number of benzene rings is 1. The fourth-order valence-corrected chi connectivity index (χ4v) is 2.46. The smallest absolute Gasteiger partial charge is 0.0475 e. The number of hydrogen-bond acceptors (Lipinski definition) is 0. The van der Waals surface area contributed by atoms with Crippen molar-refractivity contribution in [2.24, 2.45) is 0 Å². The summed E-state index contributed by atoms with van der Waals surface area (Å²) in [5, 5.41) is 0. The highest BCUT2D eigenvalue weighted by molar-refractivity contribution is 5.25. The molecule has 0 saturated heterocycles. The largest absolute Gasteiger partial charge is 0.344 e. The van der Waals surface area contributed by atoms with Crippen molar-refractivity contribution in [2.75, 3.05) is 0 Å². The Morgan fingerprint density at radius 3 is 1.72 bits per heavy atom. The van der Waals surface area contributed by atoms with Crippen molar-refractivity contribution in [2.45, 2.75) is 46.1 Å². The number of hydrogen-bond donors (Lipinski definition) is 0. The summed E-state index contributed by atoms with van der Waals surface area (Å²) >= 11 is 0. The monoisotopic (exact) mass is 241 g/mol. The Morgan fingerprint density at radius 1 is 0.778 bits per heavy atom. The van der Waals surface area contributed by atoms with Gasteiger partial charge in [-0.25, -0.2) is 0 Å². The van der Waals surface area contributed by atoms with Crippen molar-refractivity contribution >= 4 is 0 Å². The maximum absolute atomic E-state index is 2.48. The molecule has 0 radical (unpaired) electrons. The number of rotatable bonds is 4. The van der Waals surface area contributed by atoms with Gasteiger partial charge in [-0.3, -0.25) is 0 Å². The van der Waals surface area contributed by atoms with E-state index in [4.69, 9.17) is 0 Å². The van der Waals surface area contributed by atoms with E-state index in [1.165, 1.54) is 17.0 Å². The molecular formula is C17H23N. The van der Waals surface area contributed by atoms with E-state index in [-0.39, 0.29) is 0 Å². The SMILES string of the molecule is CC(C)c1ccc(C(C)C)n1Cc1ccccc1. The standard InChI is InChI=1S/C17H23N/c1-13(2)16-10-11-17(14(3)4)18(16)12-15-8-6-5-7-9-15/h5-11,13-14H,12H2,1-4H3. The lowest BCUT2D eigenvalue weighted by Gasteiger charge is -2.17. The molecule has 0 aliphatic rings. The van der Waals surface area contributed by atoms with Gasteiger partial charge in [0.25, 0.3) is 0 Å². The summed E-state index contributed by atoms with van der Waals surface area (Å²) in [6.45, 7) is 10.0. The summed E-state index contributed by atoms with van der Waals surface area (Å²) in [7, 11) is 0. The minimum atomic E-state index is 0.571. The second kappa shape index (κ2) is 5.43. The van der Waals surface area contributed by atoms with Crippen LogP contribution < -0.4 is 0 Å². The molecule has 2 aromatic rings. The van der Waals surface area contributed by atoms with Crippen LogP contribution in [0.2, 0.25) is 0 Å². The molecule has 0 atom stereocenters. The van der Waals surface area contributed by atoms with Crippen molar-refractivity contribution in [1.82, 2.24) is 4.57 Å². The average molecular weight is 241 g/mol. The Labute approximate surface area is 110 Å². The molecule has 0 fully saturated rings. The van der Waals surface area contributed by atoms with Crippen LogP contribution >= 0.6 is 0 Å². The zero-order valence-electron chi connectivity index (χ0n) is 11.9. The van der Waals surface area contributed by atoms with Crippen LogP contribution in [-0.4, -0.2) is 4.57 Å². The van der Waals surface area contributed by atoms with Crippen LogP contribution in [0.4, 0.5) is 0 Å². The van der Waals surface area contributed by atoms with Crippen molar-refractivity contribution in [1.29, 1.82) is 0 Å². The van der Waals surface area contributed by atoms with E-state index in [0.29, 0.717) is 11.8 Å². The van der Waals surface area contributed by atoms with E-state index in [9.17, 15) is 0 Å². The van der Waals surface area contributed by atoms with Gasteiger partial charge in [-0.15, -0.1) is 0 Å². The van der Waals surface area contributed by atoms with Crippen LogP contribution in [0.5, 0.6) is 0 Å². The van der Waals surface area contributed by atoms with Crippen molar-refractivity contribution in [3.05, 3.63) is 59.4 Å². The molecule has 0 N–H and O–H groups in total. The molecular weight excluding hydrogens is 218 g/mol. The second-order valence-corrected chi connectivity index (χ2v) is 5.56. The van der Waals surface area contributed by atoms with Gasteiger partial charge in [0.05, 0.1) is 0 Å². The van der Waals surface area contributed by atoms with Crippen molar-refractivity contribution in [3.63, 3.8) is 0 Å². The zero-order chi connectivity index (χ0) is 13.1. The van der Waals surface area contributed by atoms with Gasteiger partial charge in [0.15, 0.2) is 0 Å². The fraction of sp³-hybridized carbons (Fsp3) is 0.412. The molecule has 18 heavy (non-hydrogen) atoms. The van der Waals surface area contributed by atoms with Crippen LogP contribution in [-0.2, 0) is 6.54 Å². The van der Waals surface area contributed by atoms with Gasteiger partial charge in [-0.1, -0.05) is 58.0 Å². The lowest BCUT2D eigenvalue weighted by Crippen LogP contribution is -2.10. The molecule has 0 aliphatic carbocycles. The number of aromatic nitrogens is 1. The van der Waals surface area contributed by atoms with Crippen LogP contribution in [0.15, 0.2) is 42.5 Å². The van der Waals surface area contributed by atoms with E-state index in [2.05, 4.69) is 74.7 Å². The summed E-state index contributed by atoms with van der Waals surface area (Å²) in [5.41, 5.74) is 4.24. The van der Waals surface area contributed by atoms with Crippen LogP contribution in [0.3, 0.4) is 0 Å². The first kappa shape index (κ1) is 12.9. The molecule has 0 aliphatic heterocycles. The van der Waals surface area contributed by atoms with Gasteiger partial charge < -0.3 is 4.57 Å². The molecule has 1 aromatic heterocycles.